The van der Waals surface area contributed by atoms with Crippen LogP contribution in [0.25, 0.3) is 0 Å². The van der Waals surface area contributed by atoms with Crippen LogP contribution in [0, 0.1) is 0 Å². The molecule has 2 aromatic heterocycles. The molecule has 0 aromatic carbocycles. The van der Waals surface area contributed by atoms with Gasteiger partial charge in [-0.15, -0.1) is 0 Å². The minimum atomic E-state index is -0.238. The molecule has 0 radical (unpaired) electrons. The summed E-state index contributed by atoms with van der Waals surface area (Å²) in [6, 6.07) is 3.78. The fourth-order valence-electron chi connectivity index (χ4n) is 2.70. The van der Waals surface area contributed by atoms with Gasteiger partial charge in [0.2, 0.25) is 5.88 Å². The molecule has 1 aliphatic rings. The number of carbonyl (C=O) groups excluding carboxylic acids is 1. The third-order valence-electron chi connectivity index (χ3n) is 3.94. The molecule has 1 N–H and O–H groups in total. The number of anilines is 1. The van der Waals surface area contributed by atoms with E-state index in [4.69, 9.17) is 4.74 Å². The molecule has 3 heterocycles. The Morgan fingerprint density at radius 2 is 2.27 bits per heavy atom. The van der Waals surface area contributed by atoms with Crippen molar-refractivity contribution in [2.75, 3.05) is 11.9 Å². The molecule has 0 saturated heterocycles. The fourth-order valence-corrected chi connectivity index (χ4v) is 2.70. The predicted octanol–water partition coefficient (Wildman–Crippen LogP) is 2.48. The zero-order valence-electron chi connectivity index (χ0n) is 13.0. The summed E-state index contributed by atoms with van der Waals surface area (Å²) in [6.07, 6.45) is 4.55. The van der Waals surface area contributed by atoms with Gasteiger partial charge in [-0.1, -0.05) is 13.8 Å². The normalized spacial score (nSPS) is 13.8. The van der Waals surface area contributed by atoms with Gasteiger partial charge in [0.05, 0.1) is 18.8 Å². The van der Waals surface area contributed by atoms with Crippen molar-refractivity contribution in [3.63, 3.8) is 0 Å². The van der Waals surface area contributed by atoms with Crippen molar-refractivity contribution < 1.29 is 9.53 Å². The first-order valence-electron chi connectivity index (χ1n) is 7.78. The lowest BCUT2D eigenvalue weighted by Crippen LogP contribution is -2.19. The smallest absolute Gasteiger partial charge is 0.277 e. The highest BCUT2D eigenvalue weighted by Crippen LogP contribution is 2.22. The highest BCUT2D eigenvalue weighted by molar-refractivity contribution is 6.02. The van der Waals surface area contributed by atoms with E-state index in [2.05, 4.69) is 29.4 Å². The molecule has 7 nitrogen and oxygen atoms in total. The third kappa shape index (κ3) is 2.70. The molecule has 0 bridgehead atoms. The number of hydrogen-bond acceptors (Lipinski definition) is 4. The Hall–Kier alpha value is -2.31. The number of aryl methyl sites for hydroxylation is 1. The Labute approximate surface area is 129 Å². The van der Waals surface area contributed by atoms with Gasteiger partial charge in [0.15, 0.2) is 5.69 Å². The molecule has 22 heavy (non-hydrogen) atoms. The topological polar surface area (TPSA) is 74.0 Å². The molecule has 0 unspecified atom stereocenters. The van der Waals surface area contributed by atoms with Crippen LogP contribution >= 0.6 is 0 Å². The van der Waals surface area contributed by atoms with Crippen LogP contribution in [0.15, 0.2) is 18.3 Å². The molecule has 1 aliphatic heterocycles. The number of fused-ring (bicyclic) bond motifs is 1. The van der Waals surface area contributed by atoms with Crippen LogP contribution in [0.3, 0.4) is 0 Å². The highest BCUT2D eigenvalue weighted by Gasteiger charge is 2.20. The minimum absolute atomic E-state index is 0.238. The average Bonchev–Trinajstić information content (AvgIpc) is 3.15. The van der Waals surface area contributed by atoms with Crippen molar-refractivity contribution in [3.05, 3.63) is 24.0 Å². The lowest BCUT2D eigenvalue weighted by molar-refractivity contribution is 0.102. The molecule has 7 heteroatoms. The third-order valence-corrected chi connectivity index (χ3v) is 3.94. The summed E-state index contributed by atoms with van der Waals surface area (Å²) in [6.45, 7) is 5.69. The Kier molecular flexibility index (Phi) is 4.13. The second-order valence-corrected chi connectivity index (χ2v) is 5.38. The molecule has 2 aromatic rings. The van der Waals surface area contributed by atoms with Gasteiger partial charge in [0, 0.05) is 25.1 Å². The zero-order valence-corrected chi connectivity index (χ0v) is 13.0. The van der Waals surface area contributed by atoms with E-state index < -0.39 is 0 Å². The molecule has 0 fully saturated rings. The second-order valence-electron chi connectivity index (χ2n) is 5.38. The van der Waals surface area contributed by atoms with E-state index in [1.54, 1.807) is 16.9 Å². The number of nitrogens with one attached hydrogen (secondary N) is 1. The van der Waals surface area contributed by atoms with Gasteiger partial charge in [-0.2, -0.15) is 10.2 Å². The summed E-state index contributed by atoms with van der Waals surface area (Å²) in [5.74, 6) is 1.12. The van der Waals surface area contributed by atoms with Gasteiger partial charge < -0.3 is 10.1 Å². The van der Waals surface area contributed by atoms with Gasteiger partial charge in [-0.25, -0.2) is 9.36 Å². The Balaban J connectivity index is 1.77. The van der Waals surface area contributed by atoms with Crippen molar-refractivity contribution in [2.45, 2.75) is 45.7 Å². The lowest BCUT2D eigenvalue weighted by Gasteiger charge is -2.16. The van der Waals surface area contributed by atoms with E-state index in [0.717, 1.165) is 25.8 Å². The molecule has 3 rings (SSSR count). The van der Waals surface area contributed by atoms with Crippen LogP contribution in [0.1, 0.15) is 49.6 Å². The predicted molar refractivity (Wildman–Crippen MR) is 82.1 cm³/mol. The van der Waals surface area contributed by atoms with Crippen molar-refractivity contribution in [2.24, 2.45) is 0 Å². The van der Waals surface area contributed by atoms with Gasteiger partial charge in [-0.3, -0.25) is 4.79 Å². The van der Waals surface area contributed by atoms with Crippen LogP contribution in [0.5, 0.6) is 5.88 Å². The van der Waals surface area contributed by atoms with Gasteiger partial charge in [0.1, 0.15) is 5.82 Å². The molecule has 0 spiro atoms. The standard InChI is InChI=1S/C15H21N5O2/c1-3-11(4-2)20-13(6-7-16-20)17-15(21)12-10-14-19(18-12)8-5-9-22-14/h6-7,10-11H,3-5,8-9H2,1-2H3,(H,17,21). The van der Waals surface area contributed by atoms with Gasteiger partial charge in [-0.05, 0) is 12.8 Å². The highest BCUT2D eigenvalue weighted by atomic mass is 16.5. The van der Waals surface area contributed by atoms with E-state index in [1.165, 1.54) is 0 Å². The average molecular weight is 303 g/mol. The second kappa shape index (κ2) is 6.21. The van der Waals surface area contributed by atoms with Crippen LogP contribution in [0.4, 0.5) is 5.82 Å². The van der Waals surface area contributed by atoms with E-state index >= 15 is 0 Å². The minimum Gasteiger partial charge on any atom is -0.478 e. The summed E-state index contributed by atoms with van der Waals surface area (Å²) in [4.78, 5) is 12.4. The summed E-state index contributed by atoms with van der Waals surface area (Å²) >= 11 is 0. The summed E-state index contributed by atoms with van der Waals surface area (Å²) < 4.78 is 9.09. The monoisotopic (exact) mass is 303 g/mol. The van der Waals surface area contributed by atoms with Crippen LogP contribution in [-0.2, 0) is 6.54 Å². The van der Waals surface area contributed by atoms with Crippen molar-refractivity contribution in [1.82, 2.24) is 19.6 Å². The van der Waals surface area contributed by atoms with E-state index in [0.29, 0.717) is 24.0 Å². The number of ether oxygens (including phenoxy) is 1. The zero-order chi connectivity index (χ0) is 15.5. The van der Waals surface area contributed by atoms with E-state index in [1.807, 2.05) is 10.7 Å². The van der Waals surface area contributed by atoms with Gasteiger partial charge >= 0.3 is 0 Å². The number of rotatable bonds is 5. The summed E-state index contributed by atoms with van der Waals surface area (Å²) in [5, 5.41) is 11.5. The first-order chi connectivity index (χ1) is 10.7. The molecule has 0 atom stereocenters. The Morgan fingerprint density at radius 1 is 1.45 bits per heavy atom. The lowest BCUT2D eigenvalue weighted by atomic mass is 10.2. The van der Waals surface area contributed by atoms with Crippen LogP contribution < -0.4 is 10.1 Å². The number of aromatic nitrogens is 4. The van der Waals surface area contributed by atoms with Crippen LogP contribution in [0.2, 0.25) is 0 Å². The number of carbonyl (C=O) groups is 1. The van der Waals surface area contributed by atoms with Crippen molar-refractivity contribution in [1.29, 1.82) is 0 Å². The first-order valence-corrected chi connectivity index (χ1v) is 7.78. The molecular formula is C15H21N5O2. The summed E-state index contributed by atoms with van der Waals surface area (Å²) in [7, 11) is 0. The van der Waals surface area contributed by atoms with Crippen LogP contribution in [-0.4, -0.2) is 32.1 Å². The molecule has 1 amide bonds. The molecular weight excluding hydrogens is 282 g/mol. The van der Waals surface area contributed by atoms with E-state index in [-0.39, 0.29) is 11.9 Å². The quantitative estimate of drug-likeness (QED) is 0.921. The first kappa shape index (κ1) is 14.6. The number of hydrogen-bond donors (Lipinski definition) is 1. The Morgan fingerprint density at radius 3 is 3.00 bits per heavy atom. The Bertz CT molecular complexity index is 633. The van der Waals surface area contributed by atoms with Gasteiger partial charge in [0.25, 0.3) is 5.91 Å². The van der Waals surface area contributed by atoms with Crippen molar-refractivity contribution >= 4 is 11.7 Å². The molecule has 0 aliphatic carbocycles. The maximum Gasteiger partial charge on any atom is 0.277 e. The number of nitrogens with zero attached hydrogens (tertiary/aromatic N) is 4. The van der Waals surface area contributed by atoms with E-state index in [9.17, 15) is 4.79 Å². The number of amides is 1. The SMILES string of the molecule is CCC(CC)n1nccc1NC(=O)c1cc2n(n1)CCCO2. The molecule has 118 valence electrons. The maximum atomic E-state index is 12.4. The fraction of sp³-hybridized carbons (Fsp3) is 0.533. The van der Waals surface area contributed by atoms with Crippen molar-refractivity contribution in [3.8, 4) is 5.88 Å². The maximum absolute atomic E-state index is 12.4. The summed E-state index contributed by atoms with van der Waals surface area (Å²) in [5.41, 5.74) is 0.370. The largest absolute Gasteiger partial charge is 0.478 e. The molecule has 0 saturated carbocycles.